The minimum atomic E-state index is 1.06. The van der Waals surface area contributed by atoms with Gasteiger partial charge in [0.1, 0.15) is 0 Å². The Kier molecular flexibility index (Phi) is 14.0. The predicted molar refractivity (Wildman–Crippen MR) is 68.0 cm³/mol. The Hall–Kier alpha value is -1.15. The summed E-state index contributed by atoms with van der Waals surface area (Å²) in [6.45, 7) is 8.01. The molecular formula is C13H23NO. The number of rotatable bonds is 0. The molecule has 0 aromatic carbocycles. The first kappa shape index (κ1) is 16.3. The van der Waals surface area contributed by atoms with Crippen molar-refractivity contribution in [1.29, 1.82) is 0 Å². The van der Waals surface area contributed by atoms with E-state index in [1.165, 1.54) is 5.22 Å². The average molecular weight is 209 g/mol. The molecule has 15 heavy (non-hydrogen) atoms. The largest absolute Gasteiger partial charge is 0.388 e. The molecule has 0 fully saturated rings. The van der Waals surface area contributed by atoms with Gasteiger partial charge < -0.3 is 4.74 Å². The Bertz CT molecular complexity index is 298. The normalized spacial score (nSPS) is 11.1. The molecule has 0 atom stereocenters. The van der Waals surface area contributed by atoms with Crippen molar-refractivity contribution in [2.75, 3.05) is 14.2 Å². The van der Waals surface area contributed by atoms with Crippen LogP contribution in [0.1, 0.15) is 27.7 Å². The lowest BCUT2D eigenvalue weighted by atomic mass is 10.3. The lowest BCUT2D eigenvalue weighted by Crippen LogP contribution is -2.26. The Labute approximate surface area is 93.3 Å². The Balaban J connectivity index is 0. The minimum Gasteiger partial charge on any atom is -0.388 e. The zero-order valence-electron chi connectivity index (χ0n) is 10.7. The molecular weight excluding hydrogens is 186 g/mol. The van der Waals surface area contributed by atoms with Crippen molar-refractivity contribution in [3.05, 3.63) is 28.9 Å². The quantitative estimate of drug-likeness (QED) is 0.652. The second-order valence-corrected chi connectivity index (χ2v) is 2.46. The van der Waals surface area contributed by atoms with Crippen LogP contribution in [0.2, 0.25) is 0 Å². The van der Waals surface area contributed by atoms with Crippen LogP contribution in [0.25, 0.3) is 12.2 Å². The number of hydrogen-bond donors (Lipinski definition) is 0. The first-order chi connectivity index (χ1) is 7.29. The standard InChI is InChI=1S/C9H11N.C2H6O.C2H6/c1-3-8-6-5-7-10-9(8)4-2;1-3-2;1-2/h3-7H,1-2H3;1-2H3;1-2H3/b8-3-,9-4+;;. The molecule has 0 amide bonds. The first-order valence-corrected chi connectivity index (χ1v) is 5.24. The third kappa shape index (κ3) is 7.89. The van der Waals surface area contributed by atoms with Crippen LogP contribution >= 0.6 is 0 Å². The van der Waals surface area contributed by atoms with Crippen LogP contribution in [0.3, 0.4) is 0 Å². The molecule has 0 aliphatic carbocycles. The van der Waals surface area contributed by atoms with Crippen LogP contribution < -0.4 is 10.6 Å². The minimum absolute atomic E-state index is 1.06. The summed E-state index contributed by atoms with van der Waals surface area (Å²) >= 11 is 0. The summed E-state index contributed by atoms with van der Waals surface area (Å²) in [5.41, 5.74) is 0. The third-order valence-corrected chi connectivity index (χ3v) is 1.46. The molecule has 0 spiro atoms. The maximum atomic E-state index is 4.25. The number of nitrogens with zero attached hydrogens (tertiary/aromatic N) is 1. The zero-order valence-corrected chi connectivity index (χ0v) is 10.7. The van der Waals surface area contributed by atoms with E-state index in [0.29, 0.717) is 0 Å². The van der Waals surface area contributed by atoms with Gasteiger partial charge in [0.25, 0.3) is 0 Å². The highest BCUT2D eigenvalue weighted by Gasteiger charge is 1.78. The van der Waals surface area contributed by atoms with Crippen molar-refractivity contribution >= 4 is 12.2 Å². The molecule has 0 saturated heterocycles. The number of ether oxygens (including phenoxy) is 1. The van der Waals surface area contributed by atoms with E-state index < -0.39 is 0 Å². The zero-order chi connectivity index (χ0) is 12.1. The van der Waals surface area contributed by atoms with Crippen molar-refractivity contribution in [3.63, 3.8) is 0 Å². The number of hydrogen-bond acceptors (Lipinski definition) is 2. The van der Waals surface area contributed by atoms with Gasteiger partial charge in [0.2, 0.25) is 0 Å². The summed E-state index contributed by atoms with van der Waals surface area (Å²) in [7, 11) is 3.25. The van der Waals surface area contributed by atoms with Crippen LogP contribution in [0.4, 0.5) is 0 Å². The van der Waals surface area contributed by atoms with Gasteiger partial charge in [-0.15, -0.1) is 0 Å². The molecule has 0 saturated carbocycles. The van der Waals surface area contributed by atoms with Crippen molar-refractivity contribution in [2.45, 2.75) is 27.7 Å². The number of pyridine rings is 1. The summed E-state index contributed by atoms with van der Waals surface area (Å²) in [5.74, 6) is 0. The Morgan fingerprint density at radius 2 is 1.67 bits per heavy atom. The van der Waals surface area contributed by atoms with Crippen LogP contribution in [-0.4, -0.2) is 19.2 Å². The molecule has 1 aromatic rings. The van der Waals surface area contributed by atoms with Gasteiger partial charge in [0.15, 0.2) is 0 Å². The summed E-state index contributed by atoms with van der Waals surface area (Å²) in [6, 6.07) is 4.00. The lowest BCUT2D eigenvalue weighted by Gasteiger charge is -1.84. The smallest absolute Gasteiger partial charge is 0.0656 e. The van der Waals surface area contributed by atoms with E-state index in [-0.39, 0.29) is 0 Å². The molecule has 0 aliphatic rings. The van der Waals surface area contributed by atoms with Gasteiger partial charge in [-0.1, -0.05) is 32.1 Å². The molecule has 0 bridgehead atoms. The fourth-order valence-corrected chi connectivity index (χ4v) is 0.915. The van der Waals surface area contributed by atoms with Crippen molar-refractivity contribution < 1.29 is 4.74 Å². The second-order valence-electron chi connectivity index (χ2n) is 2.46. The molecule has 1 heterocycles. The summed E-state index contributed by atoms with van der Waals surface area (Å²) in [4.78, 5) is 4.18. The molecule has 0 unspecified atom stereocenters. The van der Waals surface area contributed by atoms with E-state index in [2.05, 4.69) is 21.9 Å². The molecule has 0 N–H and O–H groups in total. The monoisotopic (exact) mass is 209 g/mol. The lowest BCUT2D eigenvalue weighted by molar-refractivity contribution is 0.277. The molecule has 0 radical (unpaired) electrons. The maximum Gasteiger partial charge on any atom is 0.0656 e. The van der Waals surface area contributed by atoms with Gasteiger partial charge in [-0.3, -0.25) is 4.98 Å². The van der Waals surface area contributed by atoms with Crippen LogP contribution in [-0.2, 0) is 4.74 Å². The van der Waals surface area contributed by atoms with Gasteiger partial charge in [0, 0.05) is 20.4 Å². The second kappa shape index (κ2) is 12.8. The first-order valence-electron chi connectivity index (χ1n) is 5.24. The molecule has 2 nitrogen and oxygen atoms in total. The van der Waals surface area contributed by atoms with E-state index in [4.69, 9.17) is 0 Å². The topological polar surface area (TPSA) is 22.1 Å². The summed E-state index contributed by atoms with van der Waals surface area (Å²) in [5, 5.41) is 2.26. The molecule has 1 rings (SSSR count). The van der Waals surface area contributed by atoms with Crippen LogP contribution in [0, 0.1) is 0 Å². The fraction of sp³-hybridized carbons (Fsp3) is 0.462. The fourth-order valence-electron chi connectivity index (χ4n) is 0.915. The van der Waals surface area contributed by atoms with Gasteiger partial charge in [-0.25, -0.2) is 0 Å². The van der Waals surface area contributed by atoms with Crippen LogP contribution in [0.5, 0.6) is 0 Å². The van der Waals surface area contributed by atoms with Crippen molar-refractivity contribution in [1.82, 2.24) is 4.98 Å². The van der Waals surface area contributed by atoms with E-state index in [9.17, 15) is 0 Å². The highest BCUT2D eigenvalue weighted by atomic mass is 16.4. The highest BCUT2D eigenvalue weighted by Crippen LogP contribution is 1.66. The molecule has 2 heteroatoms. The molecule has 1 aromatic heterocycles. The Morgan fingerprint density at radius 1 is 1.13 bits per heavy atom. The third-order valence-electron chi connectivity index (χ3n) is 1.46. The van der Waals surface area contributed by atoms with Crippen molar-refractivity contribution in [3.8, 4) is 0 Å². The van der Waals surface area contributed by atoms with Gasteiger partial charge in [-0.05, 0) is 25.1 Å². The highest BCUT2D eigenvalue weighted by molar-refractivity contribution is 5.24. The SMILES string of the molecule is C/C=c1/cccn/c1=C/C.CC.COC. The van der Waals surface area contributed by atoms with Crippen molar-refractivity contribution in [2.24, 2.45) is 0 Å². The number of aromatic nitrogens is 1. The Morgan fingerprint density at radius 3 is 2.00 bits per heavy atom. The van der Waals surface area contributed by atoms with E-state index in [0.717, 1.165) is 5.35 Å². The molecule has 0 aliphatic heterocycles. The molecule has 86 valence electrons. The van der Waals surface area contributed by atoms with Gasteiger partial charge in [0.05, 0.1) is 5.35 Å². The van der Waals surface area contributed by atoms with E-state index >= 15 is 0 Å². The van der Waals surface area contributed by atoms with E-state index in [1.807, 2.05) is 46.0 Å². The van der Waals surface area contributed by atoms with Crippen LogP contribution in [0.15, 0.2) is 18.3 Å². The van der Waals surface area contributed by atoms with Gasteiger partial charge >= 0.3 is 0 Å². The van der Waals surface area contributed by atoms with E-state index in [1.54, 1.807) is 14.2 Å². The average Bonchev–Trinajstić information content (AvgIpc) is 2.32. The number of methoxy groups -OCH3 is 1. The predicted octanol–water partition coefficient (Wildman–Crippen LogP) is 1.97. The summed E-state index contributed by atoms with van der Waals surface area (Å²) in [6.07, 6.45) is 5.88. The maximum absolute atomic E-state index is 4.25. The van der Waals surface area contributed by atoms with Gasteiger partial charge in [-0.2, -0.15) is 0 Å². The summed E-state index contributed by atoms with van der Waals surface area (Å²) < 4.78 is 4.25.